The number of nitrogens with zero attached hydrogens (tertiary/aromatic N) is 2. The van der Waals surface area contributed by atoms with Crippen LogP contribution in [0.3, 0.4) is 0 Å². The van der Waals surface area contributed by atoms with Gasteiger partial charge >= 0.3 is 5.97 Å². The first kappa shape index (κ1) is 23.3. The molecule has 2 atom stereocenters. The summed E-state index contributed by atoms with van der Waals surface area (Å²) in [6, 6.07) is 16.5. The SMILES string of the molecule is COc1cccc(C2=NN3[C@H](C2)c2cccc(OC)c2O[C@@H]3c2ccc(OC)c(OC)c2C(=O)O)c1. The summed E-state index contributed by atoms with van der Waals surface area (Å²) in [5.41, 5.74) is 2.99. The maximum Gasteiger partial charge on any atom is 0.340 e. The molecule has 0 saturated heterocycles. The first-order valence-electron chi connectivity index (χ1n) is 11.3. The molecule has 5 rings (SSSR count). The summed E-state index contributed by atoms with van der Waals surface area (Å²) >= 11 is 0. The van der Waals surface area contributed by atoms with Crippen molar-refractivity contribution in [2.75, 3.05) is 28.4 Å². The van der Waals surface area contributed by atoms with Crippen LogP contribution in [-0.4, -0.2) is 50.2 Å². The van der Waals surface area contributed by atoms with Crippen molar-refractivity contribution in [3.05, 3.63) is 76.9 Å². The molecule has 0 bridgehead atoms. The number of fused-ring (bicyclic) bond motifs is 3. The van der Waals surface area contributed by atoms with Gasteiger partial charge in [-0.1, -0.05) is 24.3 Å². The third kappa shape index (κ3) is 3.73. The zero-order valence-corrected chi connectivity index (χ0v) is 20.3. The molecule has 2 aliphatic rings. The van der Waals surface area contributed by atoms with Gasteiger partial charge in [0.15, 0.2) is 23.0 Å². The minimum Gasteiger partial charge on any atom is -0.497 e. The Morgan fingerprint density at radius 3 is 2.42 bits per heavy atom. The van der Waals surface area contributed by atoms with Crippen molar-refractivity contribution >= 4 is 11.7 Å². The molecule has 0 aromatic heterocycles. The minimum atomic E-state index is -1.16. The number of carboxylic acid groups (broad SMARTS) is 1. The Kier molecular flexibility index (Phi) is 6.05. The van der Waals surface area contributed by atoms with Gasteiger partial charge in [0.05, 0.1) is 40.2 Å². The van der Waals surface area contributed by atoms with Crippen molar-refractivity contribution in [2.24, 2.45) is 5.10 Å². The van der Waals surface area contributed by atoms with Gasteiger partial charge in [-0.25, -0.2) is 9.80 Å². The predicted octanol–water partition coefficient (Wildman–Crippen LogP) is 4.66. The van der Waals surface area contributed by atoms with Crippen LogP contribution in [0.2, 0.25) is 0 Å². The van der Waals surface area contributed by atoms with E-state index in [0.717, 1.165) is 22.6 Å². The Bertz CT molecular complexity index is 1350. The molecule has 2 heterocycles. The maximum absolute atomic E-state index is 12.4. The van der Waals surface area contributed by atoms with Gasteiger partial charge in [-0.3, -0.25) is 0 Å². The molecule has 0 amide bonds. The first-order chi connectivity index (χ1) is 17.5. The van der Waals surface area contributed by atoms with E-state index in [-0.39, 0.29) is 17.4 Å². The average Bonchev–Trinajstić information content (AvgIpc) is 3.37. The Morgan fingerprint density at radius 1 is 0.944 bits per heavy atom. The molecule has 186 valence electrons. The van der Waals surface area contributed by atoms with Crippen LogP contribution < -0.4 is 23.7 Å². The van der Waals surface area contributed by atoms with Crippen molar-refractivity contribution in [3.8, 4) is 28.7 Å². The minimum absolute atomic E-state index is 0.0519. The molecule has 3 aromatic carbocycles. The van der Waals surface area contributed by atoms with Crippen LogP contribution in [0, 0.1) is 0 Å². The van der Waals surface area contributed by atoms with Crippen LogP contribution >= 0.6 is 0 Å². The molecule has 1 N–H and O–H groups in total. The van der Waals surface area contributed by atoms with Crippen molar-refractivity contribution < 1.29 is 33.6 Å². The summed E-state index contributed by atoms with van der Waals surface area (Å²) in [4.78, 5) is 12.4. The summed E-state index contributed by atoms with van der Waals surface area (Å²) in [5.74, 6) is 1.10. The number of hydrogen-bond donors (Lipinski definition) is 1. The molecule has 2 aliphatic heterocycles. The van der Waals surface area contributed by atoms with E-state index >= 15 is 0 Å². The van der Waals surface area contributed by atoms with Gasteiger partial charge in [0.1, 0.15) is 11.3 Å². The van der Waals surface area contributed by atoms with Crippen molar-refractivity contribution in [2.45, 2.75) is 18.7 Å². The van der Waals surface area contributed by atoms with Gasteiger partial charge in [-0.05, 0) is 30.3 Å². The number of rotatable bonds is 7. The summed E-state index contributed by atoms with van der Waals surface area (Å²) in [5, 5.41) is 16.9. The van der Waals surface area contributed by atoms with E-state index in [0.29, 0.717) is 29.2 Å². The molecular weight excluding hydrogens is 464 g/mol. The van der Waals surface area contributed by atoms with E-state index < -0.39 is 12.2 Å². The number of hydrogen-bond acceptors (Lipinski definition) is 8. The monoisotopic (exact) mass is 490 g/mol. The lowest BCUT2D eigenvalue weighted by Crippen LogP contribution is -2.35. The van der Waals surface area contributed by atoms with E-state index in [4.69, 9.17) is 28.8 Å². The molecule has 9 nitrogen and oxygen atoms in total. The molecular formula is C27H26N2O7. The molecule has 0 saturated carbocycles. The van der Waals surface area contributed by atoms with Gasteiger partial charge in [-0.15, -0.1) is 0 Å². The van der Waals surface area contributed by atoms with Gasteiger partial charge in [0.2, 0.25) is 6.23 Å². The van der Waals surface area contributed by atoms with Crippen molar-refractivity contribution in [1.82, 2.24) is 5.01 Å². The molecule has 36 heavy (non-hydrogen) atoms. The number of hydrazone groups is 1. The Labute approximate surface area is 208 Å². The van der Waals surface area contributed by atoms with Gasteiger partial charge < -0.3 is 28.8 Å². The number of aromatic carboxylic acids is 1. The Morgan fingerprint density at radius 2 is 1.72 bits per heavy atom. The van der Waals surface area contributed by atoms with Crippen molar-refractivity contribution in [1.29, 1.82) is 0 Å². The lowest BCUT2D eigenvalue weighted by atomic mass is 9.94. The van der Waals surface area contributed by atoms with Gasteiger partial charge in [0, 0.05) is 23.1 Å². The molecule has 0 unspecified atom stereocenters. The highest BCUT2D eigenvalue weighted by Crippen LogP contribution is 2.52. The van der Waals surface area contributed by atoms with Crippen LogP contribution in [0.15, 0.2) is 59.7 Å². The molecule has 0 aliphatic carbocycles. The smallest absolute Gasteiger partial charge is 0.340 e. The maximum atomic E-state index is 12.4. The quantitative estimate of drug-likeness (QED) is 0.511. The molecule has 3 aromatic rings. The lowest BCUT2D eigenvalue weighted by Gasteiger charge is -2.39. The second kappa shape index (κ2) is 9.33. The topological polar surface area (TPSA) is 99.1 Å². The zero-order valence-electron chi connectivity index (χ0n) is 20.3. The molecule has 0 radical (unpaired) electrons. The third-order valence-corrected chi connectivity index (χ3v) is 6.46. The summed E-state index contributed by atoms with van der Waals surface area (Å²) in [6.45, 7) is 0. The predicted molar refractivity (Wildman–Crippen MR) is 132 cm³/mol. The summed E-state index contributed by atoms with van der Waals surface area (Å²) < 4.78 is 28.2. The molecule has 0 fully saturated rings. The van der Waals surface area contributed by atoms with Crippen LogP contribution in [0.1, 0.15) is 45.7 Å². The summed E-state index contributed by atoms with van der Waals surface area (Å²) in [7, 11) is 6.07. The lowest BCUT2D eigenvalue weighted by molar-refractivity contribution is -0.0217. The number of methoxy groups -OCH3 is 4. The average molecular weight is 491 g/mol. The third-order valence-electron chi connectivity index (χ3n) is 6.46. The second-order valence-corrected chi connectivity index (χ2v) is 8.30. The van der Waals surface area contributed by atoms with E-state index in [1.165, 1.54) is 14.2 Å². The number of carbonyl (C=O) groups is 1. The van der Waals surface area contributed by atoms with Gasteiger partial charge in [0.25, 0.3) is 0 Å². The van der Waals surface area contributed by atoms with E-state index in [1.807, 2.05) is 47.5 Å². The van der Waals surface area contributed by atoms with Crippen molar-refractivity contribution in [3.63, 3.8) is 0 Å². The first-order valence-corrected chi connectivity index (χ1v) is 11.3. The zero-order chi connectivity index (χ0) is 25.4. The second-order valence-electron chi connectivity index (χ2n) is 8.30. The standard InChI is InChI=1S/C27H26N2O7/c1-32-16-8-5-7-15(13-16)19-14-20-17-9-6-10-21(33-2)24(17)36-26(29(20)28-19)18-11-12-22(34-3)25(35-4)23(18)27(30)31/h5-13,20,26H,14H2,1-4H3,(H,30,31)/t20-,26-/m1/s1. The number of para-hydroxylation sites is 1. The van der Waals surface area contributed by atoms with E-state index in [1.54, 1.807) is 26.4 Å². The Balaban J connectivity index is 1.69. The normalized spacial score (nSPS) is 17.9. The van der Waals surface area contributed by atoms with Crippen LogP contribution in [0.4, 0.5) is 0 Å². The molecule has 0 spiro atoms. The van der Waals surface area contributed by atoms with E-state index in [9.17, 15) is 9.90 Å². The number of carboxylic acids is 1. The van der Waals surface area contributed by atoms with Crippen LogP contribution in [0.25, 0.3) is 0 Å². The number of ether oxygens (including phenoxy) is 5. The fraction of sp³-hybridized carbons (Fsp3) is 0.259. The van der Waals surface area contributed by atoms with Crippen LogP contribution in [0.5, 0.6) is 28.7 Å². The number of benzene rings is 3. The summed E-state index contributed by atoms with van der Waals surface area (Å²) in [6.07, 6.45) is -0.268. The highest BCUT2D eigenvalue weighted by molar-refractivity contribution is 6.02. The largest absolute Gasteiger partial charge is 0.497 e. The van der Waals surface area contributed by atoms with Crippen LogP contribution in [-0.2, 0) is 0 Å². The fourth-order valence-corrected chi connectivity index (χ4v) is 4.80. The highest BCUT2D eigenvalue weighted by atomic mass is 16.5. The molecule has 9 heteroatoms. The fourth-order valence-electron chi connectivity index (χ4n) is 4.80. The van der Waals surface area contributed by atoms with E-state index in [2.05, 4.69) is 0 Å². The highest BCUT2D eigenvalue weighted by Gasteiger charge is 2.44. The Hall–Kier alpha value is -4.40. The van der Waals surface area contributed by atoms with Gasteiger partial charge in [-0.2, -0.15) is 5.10 Å².